The zero-order valence-corrected chi connectivity index (χ0v) is 29.3. The predicted molar refractivity (Wildman–Crippen MR) is 188 cm³/mol. The largest absolute Gasteiger partial charge is 0.491 e. The van der Waals surface area contributed by atoms with Crippen molar-refractivity contribution in [3.05, 3.63) is 88.2 Å². The summed E-state index contributed by atoms with van der Waals surface area (Å²) in [6.07, 6.45) is 12.5. The Balaban J connectivity index is 1.45. The third kappa shape index (κ3) is 7.96. The minimum absolute atomic E-state index is 0.00168. The van der Waals surface area contributed by atoms with Gasteiger partial charge < -0.3 is 14.4 Å². The molecule has 1 N–H and O–H groups in total. The van der Waals surface area contributed by atoms with E-state index < -0.39 is 21.7 Å². The number of benzene rings is 2. The van der Waals surface area contributed by atoms with Crippen LogP contribution in [0.1, 0.15) is 70.9 Å². The number of amides is 2. The molecule has 0 saturated heterocycles. The lowest BCUT2D eigenvalue weighted by molar-refractivity contribution is 0.0133. The number of allylic oxidation sites excluding steroid dienone is 1. The first-order valence-electron chi connectivity index (χ1n) is 16.7. The molecule has 12 heteroatoms. The van der Waals surface area contributed by atoms with Crippen LogP contribution in [0.5, 0.6) is 5.75 Å². The van der Waals surface area contributed by atoms with E-state index >= 15 is 0 Å². The number of ether oxygens (including phenoxy) is 2. The summed E-state index contributed by atoms with van der Waals surface area (Å²) in [7, 11) is -0.0796. The molecule has 256 valence electrons. The average Bonchev–Trinajstić information content (AvgIpc) is 3.47. The number of fused-ring (bicyclic) bond motifs is 3. The van der Waals surface area contributed by atoms with Crippen LogP contribution in [0, 0.1) is 17.8 Å². The Kier molecular flexibility index (Phi) is 10.6. The summed E-state index contributed by atoms with van der Waals surface area (Å²) in [6, 6.07) is 11.4. The van der Waals surface area contributed by atoms with Crippen LogP contribution >= 0.6 is 11.6 Å². The highest BCUT2D eigenvalue weighted by molar-refractivity contribution is 7.92. The Bertz CT molecular complexity index is 1820. The first kappa shape index (κ1) is 34.2. The van der Waals surface area contributed by atoms with E-state index in [4.69, 9.17) is 21.1 Å². The summed E-state index contributed by atoms with van der Waals surface area (Å²) in [6.45, 7) is 3.81. The molecule has 1 aromatic heterocycles. The van der Waals surface area contributed by atoms with Crippen LogP contribution in [-0.4, -0.2) is 57.9 Å². The first-order chi connectivity index (χ1) is 23.1. The number of nitrogens with one attached hydrogen (secondary N) is 1. The molecule has 2 amide bonds. The Hall–Kier alpha value is -3.67. The van der Waals surface area contributed by atoms with Gasteiger partial charge in [0.2, 0.25) is 0 Å². The van der Waals surface area contributed by atoms with Gasteiger partial charge in [0, 0.05) is 44.0 Å². The summed E-state index contributed by atoms with van der Waals surface area (Å²) < 4.78 is 35.1. The lowest BCUT2D eigenvalue weighted by Gasteiger charge is -2.43. The molecule has 2 aliphatic heterocycles. The number of hydrogen-bond donors (Lipinski definition) is 1. The molecule has 5 atom stereocenters. The second-order valence-corrected chi connectivity index (χ2v) is 15.7. The molecule has 1 fully saturated rings. The Labute approximate surface area is 288 Å². The quantitative estimate of drug-likeness (QED) is 0.317. The minimum atomic E-state index is -3.52. The Morgan fingerprint density at radius 2 is 2.00 bits per heavy atom. The van der Waals surface area contributed by atoms with Crippen LogP contribution < -0.4 is 14.4 Å². The monoisotopic (exact) mass is 693 g/mol. The highest BCUT2D eigenvalue weighted by Gasteiger charge is 2.38. The molecule has 48 heavy (non-hydrogen) atoms. The Morgan fingerprint density at radius 3 is 2.75 bits per heavy atom. The van der Waals surface area contributed by atoms with Crippen molar-refractivity contribution in [2.45, 2.75) is 58.1 Å². The number of carbonyl (C=O) groups excluding carboxylic acids is 2. The van der Waals surface area contributed by atoms with Crippen molar-refractivity contribution in [2.24, 2.45) is 29.2 Å². The van der Waals surface area contributed by atoms with E-state index in [-0.39, 0.29) is 28.9 Å². The molecule has 6 rings (SSSR count). The number of anilines is 1. The fourth-order valence-corrected chi connectivity index (χ4v) is 9.00. The van der Waals surface area contributed by atoms with Crippen LogP contribution in [0.25, 0.3) is 0 Å². The van der Waals surface area contributed by atoms with Gasteiger partial charge in [0.25, 0.3) is 11.8 Å². The van der Waals surface area contributed by atoms with Gasteiger partial charge in [-0.15, -0.1) is 4.36 Å². The molecule has 1 unspecified atom stereocenters. The van der Waals surface area contributed by atoms with E-state index in [9.17, 15) is 13.8 Å². The van der Waals surface area contributed by atoms with Crippen LogP contribution in [-0.2, 0) is 34.7 Å². The maximum Gasteiger partial charge on any atom is 0.286 e. The molecule has 2 aromatic carbocycles. The molecule has 0 radical (unpaired) electrons. The standard InChI is InChI=1S/C36H44ClN5O5S/c1-24-7-6-9-33(46-3)31-14-11-28(31)22-42-21-27-10-13-30(37)17-25(27)8-4-5-16-47-34-15-12-26(18-32(34)42)35(43)39-48(45,23-24)40-36(44)29-19-38-41(2)20-29/h6,9-10,12-13,15,17-20,24,28,31,33H,4-5,7-8,11,14,16,21-23H2,1-3H3,(H,39,40,43,44,45)/b9-6+/t24-,28-,31+,33-,48?/m0/s1. The van der Waals surface area contributed by atoms with E-state index in [1.165, 1.54) is 28.2 Å². The average molecular weight is 694 g/mol. The third-order valence-electron chi connectivity index (χ3n) is 9.62. The number of carbonyl (C=O) groups is 2. The molecule has 3 aromatic rings. The molecular formula is C36H44ClN5O5S. The molecule has 3 heterocycles. The van der Waals surface area contributed by atoms with E-state index in [1.807, 2.05) is 19.1 Å². The summed E-state index contributed by atoms with van der Waals surface area (Å²) >= 11 is 6.45. The highest BCUT2D eigenvalue weighted by atomic mass is 35.5. The van der Waals surface area contributed by atoms with Crippen LogP contribution in [0.3, 0.4) is 0 Å². The van der Waals surface area contributed by atoms with Gasteiger partial charge in [-0.3, -0.25) is 19.0 Å². The number of nitrogens with zero attached hydrogens (tertiary/aromatic N) is 4. The lowest BCUT2D eigenvalue weighted by atomic mass is 9.70. The van der Waals surface area contributed by atoms with Crippen LogP contribution in [0.4, 0.5) is 5.69 Å². The SMILES string of the molecule is CO[C@H]1/C=C/C[C@H](C)CS(=O)(NC(=O)c2cnn(C)c2)=NC(=O)c2ccc3c(c2)N(Cc2ccc(Cl)cc2CCCCO3)C[C@@H]2CC[C@H]21. The Morgan fingerprint density at radius 1 is 1.15 bits per heavy atom. The van der Waals surface area contributed by atoms with Gasteiger partial charge in [0.1, 0.15) is 15.7 Å². The summed E-state index contributed by atoms with van der Waals surface area (Å²) in [5.41, 5.74) is 3.68. The smallest absolute Gasteiger partial charge is 0.286 e. The van der Waals surface area contributed by atoms with Crippen molar-refractivity contribution in [3.63, 3.8) is 0 Å². The van der Waals surface area contributed by atoms with Crippen LogP contribution in [0.2, 0.25) is 5.02 Å². The topological polar surface area (TPSA) is 115 Å². The second-order valence-electron chi connectivity index (χ2n) is 13.3. The van der Waals surface area contributed by atoms with Crippen molar-refractivity contribution in [2.75, 3.05) is 30.9 Å². The molecular weight excluding hydrogens is 650 g/mol. The molecule has 2 bridgehead atoms. The lowest BCUT2D eigenvalue weighted by Crippen LogP contribution is -2.43. The molecule has 1 aliphatic carbocycles. The fourth-order valence-electron chi connectivity index (χ4n) is 6.92. The number of rotatable bonds is 3. The summed E-state index contributed by atoms with van der Waals surface area (Å²) in [5.74, 6) is -0.0362. The van der Waals surface area contributed by atoms with Gasteiger partial charge in [-0.1, -0.05) is 36.7 Å². The predicted octanol–water partition coefficient (Wildman–Crippen LogP) is 6.39. The van der Waals surface area contributed by atoms with Gasteiger partial charge in [0.05, 0.1) is 35.9 Å². The number of methoxy groups -OCH3 is 1. The van der Waals surface area contributed by atoms with Crippen LogP contribution in [0.15, 0.2) is 65.3 Å². The van der Waals surface area contributed by atoms with Gasteiger partial charge in [-0.2, -0.15) is 5.10 Å². The molecule has 1 saturated carbocycles. The highest BCUT2D eigenvalue weighted by Crippen LogP contribution is 2.42. The van der Waals surface area contributed by atoms with Gasteiger partial charge in [-0.25, -0.2) is 4.21 Å². The first-order valence-corrected chi connectivity index (χ1v) is 18.8. The third-order valence-corrected chi connectivity index (χ3v) is 11.8. The van der Waals surface area contributed by atoms with E-state index in [1.54, 1.807) is 26.3 Å². The van der Waals surface area contributed by atoms with Crippen molar-refractivity contribution in [1.82, 2.24) is 14.5 Å². The number of aromatic nitrogens is 2. The zero-order valence-electron chi connectivity index (χ0n) is 27.8. The fraction of sp³-hybridized carbons (Fsp3) is 0.472. The molecule has 10 nitrogen and oxygen atoms in total. The number of aryl methyl sites for hydroxylation is 2. The van der Waals surface area contributed by atoms with E-state index in [0.717, 1.165) is 44.3 Å². The number of halogens is 1. The van der Waals surface area contributed by atoms with Crippen molar-refractivity contribution in [3.8, 4) is 5.75 Å². The number of hydrogen-bond acceptors (Lipinski definition) is 7. The van der Waals surface area contributed by atoms with Gasteiger partial charge >= 0.3 is 0 Å². The van der Waals surface area contributed by atoms with Gasteiger partial charge in [-0.05, 0) is 97.7 Å². The summed E-state index contributed by atoms with van der Waals surface area (Å²) in [4.78, 5) is 29.4. The zero-order chi connectivity index (χ0) is 33.8. The molecule has 0 spiro atoms. The van der Waals surface area contributed by atoms with Gasteiger partial charge in [0.15, 0.2) is 0 Å². The second kappa shape index (κ2) is 14.8. The van der Waals surface area contributed by atoms with Crippen molar-refractivity contribution in [1.29, 1.82) is 0 Å². The van der Waals surface area contributed by atoms with Crippen molar-refractivity contribution < 1.29 is 23.3 Å². The van der Waals surface area contributed by atoms with Crippen molar-refractivity contribution >= 4 is 39.0 Å². The normalized spacial score (nSPS) is 27.2. The maximum absolute atomic E-state index is 14.4. The minimum Gasteiger partial charge on any atom is -0.491 e. The summed E-state index contributed by atoms with van der Waals surface area (Å²) in [5, 5.41) is 4.77. The maximum atomic E-state index is 14.4. The van der Waals surface area contributed by atoms with E-state index in [2.05, 4.69) is 43.4 Å². The van der Waals surface area contributed by atoms with E-state index in [0.29, 0.717) is 42.2 Å². The molecule has 3 aliphatic rings.